The van der Waals surface area contributed by atoms with Crippen LogP contribution >= 0.6 is 0 Å². The molecule has 0 saturated heterocycles. The summed E-state index contributed by atoms with van der Waals surface area (Å²) >= 11 is 0. The first kappa shape index (κ1) is 11.9. The lowest BCUT2D eigenvalue weighted by Crippen LogP contribution is -2.41. The summed E-state index contributed by atoms with van der Waals surface area (Å²) in [5.41, 5.74) is 8.49. The normalized spacial score (nSPS) is 15.2. The molecule has 1 aromatic carbocycles. The first-order chi connectivity index (χ1) is 8.19. The van der Waals surface area contributed by atoms with Crippen LogP contribution in [0.5, 0.6) is 0 Å². The first-order valence-corrected chi connectivity index (χ1v) is 6.06. The molecular weight excluding hydrogens is 214 g/mol. The van der Waals surface area contributed by atoms with Crippen LogP contribution in [0.2, 0.25) is 0 Å². The van der Waals surface area contributed by atoms with E-state index < -0.39 is 0 Å². The Balaban J connectivity index is 1.98. The summed E-state index contributed by atoms with van der Waals surface area (Å²) in [5, 5.41) is 5.83. The van der Waals surface area contributed by atoms with Gasteiger partial charge < -0.3 is 16.4 Å². The molecule has 0 bridgehead atoms. The second-order valence-corrected chi connectivity index (χ2v) is 4.58. The van der Waals surface area contributed by atoms with Crippen LogP contribution in [0.25, 0.3) is 0 Å². The van der Waals surface area contributed by atoms with E-state index in [0.717, 1.165) is 29.7 Å². The molecule has 4 nitrogen and oxygen atoms in total. The van der Waals surface area contributed by atoms with Crippen LogP contribution < -0.4 is 16.4 Å². The molecule has 4 heteroatoms. The fraction of sp³-hybridized carbons (Fsp3) is 0.462. The molecular formula is C13H19N3O. The average molecular weight is 233 g/mol. The molecule has 2 rings (SSSR count). The summed E-state index contributed by atoms with van der Waals surface area (Å²) in [4.78, 5) is 11.7. The molecule has 0 aromatic heterocycles. The molecule has 1 aliphatic rings. The van der Waals surface area contributed by atoms with Gasteiger partial charge in [-0.15, -0.1) is 0 Å². The highest BCUT2D eigenvalue weighted by Gasteiger charge is 2.19. The van der Waals surface area contributed by atoms with Gasteiger partial charge in [-0.25, -0.2) is 4.79 Å². The second-order valence-electron chi connectivity index (χ2n) is 4.58. The molecule has 0 heterocycles. The molecule has 2 amide bonds. The van der Waals surface area contributed by atoms with Gasteiger partial charge in [0.15, 0.2) is 0 Å². The lowest BCUT2D eigenvalue weighted by atomic mass is 9.93. The number of anilines is 1. The standard InChI is InChI=1S/C13H19N3O/c1-9-5-6-10(8-14)7-12(9)16-13(17)15-11-3-2-4-11/h5-7,11H,2-4,8,14H2,1H3,(H2,15,16,17). The van der Waals surface area contributed by atoms with E-state index in [4.69, 9.17) is 5.73 Å². The number of benzene rings is 1. The van der Waals surface area contributed by atoms with Crippen molar-refractivity contribution in [2.45, 2.75) is 38.8 Å². The maximum absolute atomic E-state index is 11.7. The lowest BCUT2D eigenvalue weighted by molar-refractivity contribution is 0.240. The van der Waals surface area contributed by atoms with Crippen LogP contribution in [0.3, 0.4) is 0 Å². The topological polar surface area (TPSA) is 67.1 Å². The highest BCUT2D eigenvalue weighted by atomic mass is 16.2. The second kappa shape index (κ2) is 5.19. The van der Waals surface area contributed by atoms with Gasteiger partial charge in [-0.2, -0.15) is 0 Å². The van der Waals surface area contributed by atoms with E-state index in [0.29, 0.717) is 12.6 Å². The number of hydrogen-bond acceptors (Lipinski definition) is 2. The van der Waals surface area contributed by atoms with Gasteiger partial charge in [-0.1, -0.05) is 12.1 Å². The summed E-state index contributed by atoms with van der Waals surface area (Å²) in [7, 11) is 0. The van der Waals surface area contributed by atoms with Crippen molar-refractivity contribution in [3.05, 3.63) is 29.3 Å². The van der Waals surface area contributed by atoms with Crippen molar-refractivity contribution in [2.75, 3.05) is 5.32 Å². The van der Waals surface area contributed by atoms with Crippen LogP contribution in [-0.2, 0) is 6.54 Å². The Kier molecular flexibility index (Phi) is 3.64. The zero-order valence-electron chi connectivity index (χ0n) is 10.1. The smallest absolute Gasteiger partial charge is 0.319 e. The number of urea groups is 1. The minimum absolute atomic E-state index is 0.119. The predicted octanol–water partition coefficient (Wildman–Crippen LogP) is 2.13. The SMILES string of the molecule is Cc1ccc(CN)cc1NC(=O)NC1CCC1. The summed E-state index contributed by atoms with van der Waals surface area (Å²) in [6, 6.07) is 6.11. The van der Waals surface area contributed by atoms with E-state index in [1.165, 1.54) is 6.42 Å². The van der Waals surface area contributed by atoms with E-state index in [1.807, 2.05) is 25.1 Å². The molecule has 17 heavy (non-hydrogen) atoms. The van der Waals surface area contributed by atoms with Crippen molar-refractivity contribution in [1.82, 2.24) is 5.32 Å². The van der Waals surface area contributed by atoms with Crippen LogP contribution in [-0.4, -0.2) is 12.1 Å². The molecule has 0 radical (unpaired) electrons. The Morgan fingerprint density at radius 2 is 2.24 bits per heavy atom. The number of nitrogens with one attached hydrogen (secondary N) is 2. The summed E-state index contributed by atoms with van der Waals surface area (Å²) in [5.74, 6) is 0. The zero-order chi connectivity index (χ0) is 12.3. The van der Waals surface area contributed by atoms with Crippen molar-refractivity contribution >= 4 is 11.7 Å². The number of rotatable bonds is 3. The number of hydrogen-bond donors (Lipinski definition) is 3. The Hall–Kier alpha value is -1.55. The molecule has 0 aliphatic heterocycles. The van der Waals surface area contributed by atoms with E-state index >= 15 is 0 Å². The van der Waals surface area contributed by atoms with Crippen LogP contribution in [0.15, 0.2) is 18.2 Å². The molecule has 0 unspecified atom stereocenters. The van der Waals surface area contributed by atoms with Crippen LogP contribution in [0.4, 0.5) is 10.5 Å². The first-order valence-electron chi connectivity index (χ1n) is 6.06. The highest BCUT2D eigenvalue weighted by molar-refractivity contribution is 5.90. The molecule has 4 N–H and O–H groups in total. The monoisotopic (exact) mass is 233 g/mol. The van der Waals surface area contributed by atoms with Gasteiger partial charge in [0.05, 0.1) is 0 Å². The van der Waals surface area contributed by atoms with Crippen molar-refractivity contribution in [1.29, 1.82) is 0 Å². The predicted molar refractivity (Wildman–Crippen MR) is 68.9 cm³/mol. The van der Waals surface area contributed by atoms with Gasteiger partial charge in [-0.05, 0) is 43.4 Å². The van der Waals surface area contributed by atoms with Gasteiger partial charge in [-0.3, -0.25) is 0 Å². The van der Waals surface area contributed by atoms with Crippen LogP contribution in [0.1, 0.15) is 30.4 Å². The zero-order valence-corrected chi connectivity index (χ0v) is 10.1. The number of nitrogens with two attached hydrogens (primary N) is 1. The molecule has 1 saturated carbocycles. The van der Waals surface area contributed by atoms with E-state index in [9.17, 15) is 4.79 Å². The minimum atomic E-state index is -0.119. The third-order valence-electron chi connectivity index (χ3n) is 3.23. The van der Waals surface area contributed by atoms with Crippen molar-refractivity contribution in [3.63, 3.8) is 0 Å². The van der Waals surface area contributed by atoms with Crippen molar-refractivity contribution in [3.8, 4) is 0 Å². The molecule has 0 atom stereocenters. The van der Waals surface area contributed by atoms with Crippen molar-refractivity contribution in [2.24, 2.45) is 5.73 Å². The molecule has 0 spiro atoms. The highest BCUT2D eigenvalue weighted by Crippen LogP contribution is 2.19. The Labute approximate surface area is 102 Å². The largest absolute Gasteiger partial charge is 0.335 e. The third-order valence-corrected chi connectivity index (χ3v) is 3.23. The van der Waals surface area contributed by atoms with Crippen molar-refractivity contribution < 1.29 is 4.79 Å². The molecule has 1 aromatic rings. The molecule has 1 aliphatic carbocycles. The third kappa shape index (κ3) is 2.97. The Morgan fingerprint density at radius 3 is 2.82 bits per heavy atom. The fourth-order valence-electron chi connectivity index (χ4n) is 1.83. The Bertz CT molecular complexity index is 413. The van der Waals surface area contributed by atoms with Gasteiger partial charge in [0.25, 0.3) is 0 Å². The van der Waals surface area contributed by atoms with Gasteiger partial charge in [0, 0.05) is 18.3 Å². The summed E-state index contributed by atoms with van der Waals surface area (Å²) in [6.45, 7) is 2.46. The maximum Gasteiger partial charge on any atom is 0.319 e. The fourth-order valence-corrected chi connectivity index (χ4v) is 1.83. The van der Waals surface area contributed by atoms with Gasteiger partial charge in [0.2, 0.25) is 0 Å². The summed E-state index contributed by atoms with van der Waals surface area (Å²) in [6.07, 6.45) is 3.40. The van der Waals surface area contributed by atoms with E-state index in [-0.39, 0.29) is 6.03 Å². The molecule has 92 valence electrons. The number of aryl methyl sites for hydroxylation is 1. The number of carbonyl (C=O) groups is 1. The molecule has 1 fully saturated rings. The summed E-state index contributed by atoms with van der Waals surface area (Å²) < 4.78 is 0. The Morgan fingerprint density at radius 1 is 1.47 bits per heavy atom. The minimum Gasteiger partial charge on any atom is -0.335 e. The number of carbonyl (C=O) groups excluding carboxylic acids is 1. The van der Waals surface area contributed by atoms with Gasteiger partial charge in [0.1, 0.15) is 0 Å². The van der Waals surface area contributed by atoms with Crippen LogP contribution in [0, 0.1) is 6.92 Å². The average Bonchev–Trinajstić information content (AvgIpc) is 2.27. The lowest BCUT2D eigenvalue weighted by Gasteiger charge is -2.26. The maximum atomic E-state index is 11.7. The quantitative estimate of drug-likeness (QED) is 0.748. The van der Waals surface area contributed by atoms with E-state index in [2.05, 4.69) is 10.6 Å². The number of amides is 2. The van der Waals surface area contributed by atoms with Gasteiger partial charge >= 0.3 is 6.03 Å². The van der Waals surface area contributed by atoms with E-state index in [1.54, 1.807) is 0 Å².